The topological polar surface area (TPSA) is 103 Å². The molecule has 42 heavy (non-hydrogen) atoms. The average Bonchev–Trinajstić information content (AvgIpc) is 3.33. The number of amides is 2. The normalized spacial score (nSPS) is 12.4. The van der Waals surface area contributed by atoms with Gasteiger partial charge in [-0.2, -0.15) is 18.3 Å². The van der Waals surface area contributed by atoms with E-state index in [1.165, 1.54) is 24.4 Å². The van der Waals surface area contributed by atoms with Crippen molar-refractivity contribution in [1.82, 2.24) is 20.1 Å². The van der Waals surface area contributed by atoms with Gasteiger partial charge in [0.15, 0.2) is 0 Å². The second-order valence-electron chi connectivity index (χ2n) is 9.86. The highest BCUT2D eigenvalue weighted by Gasteiger charge is 2.36. The fourth-order valence-electron chi connectivity index (χ4n) is 4.45. The Balaban J connectivity index is 1.75. The molecule has 0 saturated carbocycles. The minimum atomic E-state index is -4.78. The molecule has 1 atom stereocenters. The molecule has 3 N–H and O–H groups in total. The van der Waals surface area contributed by atoms with E-state index >= 15 is 0 Å². The molecule has 0 bridgehead atoms. The third-order valence-corrected chi connectivity index (χ3v) is 6.38. The maximum atomic E-state index is 14.2. The molecule has 13 heteroatoms. The lowest BCUT2D eigenvalue weighted by atomic mass is 9.94. The molecule has 7 nitrogen and oxygen atoms in total. The number of aromatic nitrogens is 3. The quantitative estimate of drug-likeness (QED) is 0.245. The molecule has 2 amide bonds. The molecule has 2 aromatic carbocycles. The van der Waals surface area contributed by atoms with E-state index in [-0.39, 0.29) is 34.9 Å². The van der Waals surface area contributed by atoms with Crippen LogP contribution in [0.2, 0.25) is 0 Å². The van der Waals surface area contributed by atoms with Gasteiger partial charge in [0, 0.05) is 17.8 Å². The Hall–Kier alpha value is -4.68. The highest BCUT2D eigenvalue weighted by molar-refractivity contribution is 5.94. The van der Waals surface area contributed by atoms with Crippen molar-refractivity contribution in [1.29, 1.82) is 0 Å². The van der Waals surface area contributed by atoms with Crippen molar-refractivity contribution in [3.8, 4) is 11.1 Å². The van der Waals surface area contributed by atoms with Crippen molar-refractivity contribution in [2.45, 2.75) is 44.9 Å². The number of pyridine rings is 1. The predicted octanol–water partition coefficient (Wildman–Crippen LogP) is 5.70. The van der Waals surface area contributed by atoms with Crippen LogP contribution in [0.1, 0.15) is 58.8 Å². The van der Waals surface area contributed by atoms with Crippen LogP contribution in [0.25, 0.3) is 11.1 Å². The molecule has 4 aromatic rings. The van der Waals surface area contributed by atoms with Crippen LogP contribution >= 0.6 is 0 Å². The van der Waals surface area contributed by atoms with E-state index in [1.807, 2.05) is 0 Å². The molecule has 4 rings (SSSR count). The second-order valence-corrected chi connectivity index (χ2v) is 9.86. The van der Waals surface area contributed by atoms with E-state index in [9.17, 15) is 35.9 Å². The fourth-order valence-corrected chi connectivity index (χ4v) is 4.45. The van der Waals surface area contributed by atoms with Gasteiger partial charge in [-0.1, -0.05) is 26.0 Å². The van der Waals surface area contributed by atoms with Gasteiger partial charge in [-0.3, -0.25) is 19.3 Å². The summed E-state index contributed by atoms with van der Waals surface area (Å²) in [4.78, 5) is 29.3. The van der Waals surface area contributed by atoms with Gasteiger partial charge in [0.05, 0.1) is 23.0 Å². The monoisotopic (exact) mass is 589 g/mol. The molecule has 0 aliphatic heterocycles. The zero-order valence-corrected chi connectivity index (χ0v) is 22.3. The number of carbonyl (C=O) groups is 2. The van der Waals surface area contributed by atoms with Gasteiger partial charge in [0.25, 0.3) is 5.91 Å². The highest BCUT2D eigenvalue weighted by Crippen LogP contribution is 2.32. The standard InChI is InChI=1S/C29H25F6N5O2/c1-15(2)23-13-25(29(33,34)35)40(39-23)14-26(41)38-24(10-16-8-18(30)12-19(31)9-16)27-20(4-3-7-37-27)17-5-6-22(32)21(11-17)28(36)42/h3-9,11-13,15,24H,10,14H2,1-2H3,(H2,36,42)(H,38,41). The molecular formula is C29H25F6N5O2. The summed E-state index contributed by atoms with van der Waals surface area (Å²) in [7, 11) is 0. The van der Waals surface area contributed by atoms with Crippen molar-refractivity contribution in [3.05, 3.63) is 106 Å². The summed E-state index contributed by atoms with van der Waals surface area (Å²) in [5.41, 5.74) is 4.73. The maximum absolute atomic E-state index is 14.2. The first kappa shape index (κ1) is 30.3. The summed E-state index contributed by atoms with van der Waals surface area (Å²) in [6.45, 7) is 2.49. The van der Waals surface area contributed by atoms with Crippen LogP contribution in [0, 0.1) is 17.5 Å². The minimum absolute atomic E-state index is 0.114. The largest absolute Gasteiger partial charge is 0.433 e. The summed E-state index contributed by atoms with van der Waals surface area (Å²) in [6.07, 6.45) is -3.64. The zero-order valence-electron chi connectivity index (χ0n) is 22.3. The molecule has 220 valence electrons. The van der Waals surface area contributed by atoms with Crippen LogP contribution in [-0.2, 0) is 23.9 Å². The van der Waals surface area contributed by atoms with Crippen molar-refractivity contribution in [2.24, 2.45) is 5.73 Å². The number of hydrogen-bond acceptors (Lipinski definition) is 4. The summed E-state index contributed by atoms with van der Waals surface area (Å²) in [6, 6.07) is 9.10. The predicted molar refractivity (Wildman–Crippen MR) is 140 cm³/mol. The van der Waals surface area contributed by atoms with Crippen molar-refractivity contribution in [2.75, 3.05) is 0 Å². The Morgan fingerprint density at radius 1 is 1.00 bits per heavy atom. The number of nitrogens with one attached hydrogen (secondary N) is 1. The summed E-state index contributed by atoms with van der Waals surface area (Å²) in [5, 5.41) is 6.55. The summed E-state index contributed by atoms with van der Waals surface area (Å²) < 4.78 is 83.8. The number of nitrogens with two attached hydrogens (primary N) is 1. The number of rotatable bonds is 9. The molecule has 0 saturated heterocycles. The Morgan fingerprint density at radius 2 is 1.69 bits per heavy atom. The van der Waals surface area contributed by atoms with Crippen LogP contribution < -0.4 is 11.1 Å². The first-order chi connectivity index (χ1) is 19.7. The lowest BCUT2D eigenvalue weighted by Crippen LogP contribution is -2.34. The number of halogens is 6. The zero-order chi connectivity index (χ0) is 30.8. The fraction of sp³-hybridized carbons (Fsp3) is 0.241. The summed E-state index contributed by atoms with van der Waals surface area (Å²) >= 11 is 0. The minimum Gasteiger partial charge on any atom is -0.366 e. The van der Waals surface area contributed by atoms with Crippen molar-refractivity contribution < 1.29 is 35.9 Å². The Kier molecular flexibility index (Phi) is 8.69. The van der Waals surface area contributed by atoms with E-state index in [1.54, 1.807) is 19.9 Å². The van der Waals surface area contributed by atoms with E-state index in [4.69, 9.17) is 5.73 Å². The van der Waals surface area contributed by atoms with Gasteiger partial charge in [0.2, 0.25) is 5.91 Å². The lowest BCUT2D eigenvalue weighted by molar-refractivity contribution is -0.144. The summed E-state index contributed by atoms with van der Waals surface area (Å²) in [5.74, 6) is -4.89. The number of primary amides is 1. The first-order valence-corrected chi connectivity index (χ1v) is 12.7. The van der Waals surface area contributed by atoms with Crippen LogP contribution in [0.5, 0.6) is 0 Å². The van der Waals surface area contributed by atoms with Crippen LogP contribution in [0.3, 0.4) is 0 Å². The molecule has 2 heterocycles. The van der Waals surface area contributed by atoms with Gasteiger partial charge in [-0.05, 0) is 59.9 Å². The molecule has 2 aromatic heterocycles. The van der Waals surface area contributed by atoms with Gasteiger partial charge in [-0.15, -0.1) is 0 Å². The smallest absolute Gasteiger partial charge is 0.366 e. The van der Waals surface area contributed by atoms with E-state index in [0.717, 1.165) is 24.3 Å². The lowest BCUT2D eigenvalue weighted by Gasteiger charge is -2.22. The third kappa shape index (κ3) is 6.96. The highest BCUT2D eigenvalue weighted by atomic mass is 19.4. The molecule has 0 aliphatic rings. The van der Waals surface area contributed by atoms with Crippen LogP contribution in [0.15, 0.2) is 60.8 Å². The van der Waals surface area contributed by atoms with E-state index < -0.39 is 59.3 Å². The molecule has 0 spiro atoms. The number of carbonyl (C=O) groups excluding carboxylic acids is 2. The first-order valence-electron chi connectivity index (χ1n) is 12.7. The van der Waals surface area contributed by atoms with Gasteiger partial charge < -0.3 is 11.1 Å². The Labute approximate surface area is 236 Å². The number of alkyl halides is 3. The number of benzene rings is 2. The molecule has 0 fully saturated rings. The maximum Gasteiger partial charge on any atom is 0.433 e. The molecule has 0 radical (unpaired) electrons. The number of hydrogen-bond donors (Lipinski definition) is 2. The molecule has 1 unspecified atom stereocenters. The van der Waals surface area contributed by atoms with Crippen molar-refractivity contribution in [3.63, 3.8) is 0 Å². The van der Waals surface area contributed by atoms with Gasteiger partial charge >= 0.3 is 6.18 Å². The van der Waals surface area contributed by atoms with E-state index in [2.05, 4.69) is 15.4 Å². The molecular weight excluding hydrogens is 564 g/mol. The Morgan fingerprint density at radius 3 is 2.31 bits per heavy atom. The average molecular weight is 590 g/mol. The van der Waals surface area contributed by atoms with Gasteiger partial charge in [0.1, 0.15) is 29.7 Å². The third-order valence-electron chi connectivity index (χ3n) is 6.38. The molecule has 0 aliphatic carbocycles. The van der Waals surface area contributed by atoms with Crippen LogP contribution in [0.4, 0.5) is 26.3 Å². The second kappa shape index (κ2) is 12.0. The van der Waals surface area contributed by atoms with Gasteiger partial charge in [-0.25, -0.2) is 13.2 Å². The Bertz CT molecular complexity index is 1610. The van der Waals surface area contributed by atoms with Crippen LogP contribution in [-0.4, -0.2) is 26.6 Å². The SMILES string of the molecule is CC(C)c1cc(C(F)(F)F)n(CC(=O)NC(Cc2cc(F)cc(F)c2)c2ncccc2-c2ccc(F)c(C(N)=O)c2)n1. The van der Waals surface area contributed by atoms with E-state index in [0.29, 0.717) is 16.3 Å². The number of nitrogens with zero attached hydrogens (tertiary/aromatic N) is 3. The van der Waals surface area contributed by atoms with Crippen molar-refractivity contribution >= 4 is 11.8 Å².